The number of aryl methyl sites for hydroxylation is 1. The molecule has 0 aliphatic rings. The van der Waals surface area contributed by atoms with Crippen molar-refractivity contribution < 1.29 is 0 Å². The van der Waals surface area contributed by atoms with Crippen molar-refractivity contribution in [3.63, 3.8) is 0 Å². The average Bonchev–Trinajstić information content (AvgIpc) is 2.31. The summed E-state index contributed by atoms with van der Waals surface area (Å²) in [5, 5.41) is 9.73. The van der Waals surface area contributed by atoms with E-state index >= 15 is 0 Å². The summed E-state index contributed by atoms with van der Waals surface area (Å²) in [6, 6.07) is 10.5. The van der Waals surface area contributed by atoms with Gasteiger partial charge >= 0.3 is 0 Å². The summed E-state index contributed by atoms with van der Waals surface area (Å²) in [4.78, 5) is 3.87. The van der Waals surface area contributed by atoms with E-state index in [4.69, 9.17) is 5.41 Å². The van der Waals surface area contributed by atoms with Crippen molar-refractivity contribution in [2.75, 3.05) is 6.54 Å². The molecule has 1 N–H and O–H groups in total. The quantitative estimate of drug-likeness (QED) is 0.490. The van der Waals surface area contributed by atoms with Gasteiger partial charge in [0.25, 0.3) is 0 Å². The van der Waals surface area contributed by atoms with Gasteiger partial charge in [-0.3, -0.25) is 0 Å². The molecule has 0 aromatic heterocycles. The van der Waals surface area contributed by atoms with E-state index in [1.54, 1.807) is 5.16 Å². The number of benzene rings is 1. The highest BCUT2D eigenvalue weighted by atomic mass is 32.1. The Morgan fingerprint density at radius 2 is 1.75 bits per heavy atom. The van der Waals surface area contributed by atoms with E-state index < -0.39 is 0 Å². The summed E-state index contributed by atoms with van der Waals surface area (Å²) in [6.45, 7) is 0.816. The van der Waals surface area contributed by atoms with Gasteiger partial charge in [0.05, 0.1) is 10.3 Å². The highest BCUT2D eigenvalue weighted by Crippen LogP contribution is 2.03. The van der Waals surface area contributed by atoms with Crippen molar-refractivity contribution in [2.45, 2.75) is 19.3 Å². The van der Waals surface area contributed by atoms with Crippen LogP contribution < -0.4 is 0 Å². The van der Waals surface area contributed by atoms with Crippen molar-refractivity contribution in [3.05, 3.63) is 35.9 Å². The molecule has 0 aliphatic heterocycles. The average molecular weight is 250 g/mol. The van der Waals surface area contributed by atoms with Crippen LogP contribution in [-0.2, 0) is 6.42 Å². The van der Waals surface area contributed by atoms with E-state index in [9.17, 15) is 0 Å². The third-order valence-electron chi connectivity index (χ3n) is 1.89. The lowest BCUT2D eigenvalue weighted by molar-refractivity contribution is 0.748. The van der Waals surface area contributed by atoms with Gasteiger partial charge in [-0.25, -0.2) is 10.4 Å². The van der Waals surface area contributed by atoms with Gasteiger partial charge in [0, 0.05) is 6.54 Å². The molecule has 16 heavy (non-hydrogen) atoms. The van der Waals surface area contributed by atoms with E-state index in [2.05, 4.69) is 58.9 Å². The third kappa shape index (κ3) is 9.38. The van der Waals surface area contributed by atoms with Crippen LogP contribution in [0.25, 0.3) is 0 Å². The molecule has 1 aromatic rings. The van der Waals surface area contributed by atoms with Crippen LogP contribution in [0.1, 0.15) is 18.4 Å². The molecule has 0 saturated heterocycles. The Morgan fingerprint density at radius 1 is 1.12 bits per heavy atom. The number of nitrogens with zero attached hydrogens (tertiary/aromatic N) is 1. The highest BCUT2D eigenvalue weighted by Gasteiger charge is 1.90. The molecule has 84 valence electrons. The number of hydrogen-bond donors (Lipinski definition) is 1. The number of hydrogen-bond acceptors (Lipinski definition) is 4. The SMILES string of the molecule is N=C=S.S=C=NCCCCc1ccccc1. The molecule has 0 unspecified atom stereocenters. The van der Waals surface area contributed by atoms with Crippen LogP contribution in [0.5, 0.6) is 0 Å². The zero-order valence-corrected chi connectivity index (χ0v) is 10.6. The maximum atomic E-state index is 5.77. The van der Waals surface area contributed by atoms with E-state index in [-0.39, 0.29) is 0 Å². The van der Waals surface area contributed by atoms with Crippen molar-refractivity contribution in [1.82, 2.24) is 0 Å². The van der Waals surface area contributed by atoms with Crippen molar-refractivity contribution >= 4 is 34.8 Å². The first kappa shape index (κ1) is 14.8. The van der Waals surface area contributed by atoms with Gasteiger partial charge in [0.1, 0.15) is 0 Å². The Balaban J connectivity index is 0.000000673. The smallest absolute Gasteiger partial charge is 0.0584 e. The fourth-order valence-electron chi connectivity index (χ4n) is 1.21. The maximum Gasteiger partial charge on any atom is 0.0584 e. The third-order valence-corrected chi connectivity index (χ3v) is 2.02. The first-order valence-electron chi connectivity index (χ1n) is 4.96. The van der Waals surface area contributed by atoms with Crippen molar-refractivity contribution in [3.8, 4) is 0 Å². The molecular weight excluding hydrogens is 236 g/mol. The lowest BCUT2D eigenvalue weighted by atomic mass is 10.1. The van der Waals surface area contributed by atoms with Gasteiger partial charge in [-0.1, -0.05) is 30.3 Å². The minimum absolute atomic E-state index is 0.816. The molecule has 0 heterocycles. The normalized spacial score (nSPS) is 8.00. The molecule has 0 bridgehead atoms. The topological polar surface area (TPSA) is 36.2 Å². The fraction of sp³-hybridized carbons (Fsp3) is 0.333. The fourth-order valence-corrected chi connectivity index (χ4v) is 1.30. The van der Waals surface area contributed by atoms with Gasteiger partial charge in [-0.15, -0.1) is 0 Å². The van der Waals surface area contributed by atoms with Crippen LogP contribution in [0.2, 0.25) is 0 Å². The summed E-state index contributed by atoms with van der Waals surface area (Å²) in [7, 11) is 0. The first-order chi connectivity index (χ1) is 7.85. The number of thiocarbonyl (C=S) groups is 2. The predicted octanol–water partition coefficient (Wildman–Crippen LogP) is 3.78. The molecule has 1 rings (SSSR count). The first-order valence-corrected chi connectivity index (χ1v) is 5.78. The summed E-state index contributed by atoms with van der Waals surface area (Å²) in [5.74, 6) is 0. The van der Waals surface area contributed by atoms with E-state index in [1.165, 1.54) is 12.0 Å². The number of unbranched alkanes of at least 4 members (excludes halogenated alkanes) is 1. The summed E-state index contributed by atoms with van der Waals surface area (Å²) >= 11 is 8.29. The molecule has 0 aliphatic carbocycles. The zero-order chi connectivity index (χ0) is 12.1. The second-order valence-electron chi connectivity index (χ2n) is 3.02. The van der Waals surface area contributed by atoms with E-state index in [1.807, 2.05) is 6.07 Å². The monoisotopic (exact) mass is 250 g/mol. The van der Waals surface area contributed by atoms with Crippen LogP contribution in [0.4, 0.5) is 0 Å². The number of rotatable bonds is 5. The van der Waals surface area contributed by atoms with Crippen LogP contribution in [0.15, 0.2) is 35.3 Å². The molecule has 2 nitrogen and oxygen atoms in total. The zero-order valence-electron chi connectivity index (χ0n) is 8.98. The maximum absolute atomic E-state index is 5.77. The van der Waals surface area contributed by atoms with Crippen molar-refractivity contribution in [1.29, 1.82) is 5.41 Å². The molecule has 4 heteroatoms. The van der Waals surface area contributed by atoms with Crippen molar-refractivity contribution in [2.24, 2.45) is 4.99 Å². The minimum Gasteiger partial charge on any atom is -0.248 e. The highest BCUT2D eigenvalue weighted by molar-refractivity contribution is 7.78. The van der Waals surface area contributed by atoms with Crippen LogP contribution in [0.3, 0.4) is 0 Å². The van der Waals surface area contributed by atoms with Crippen LogP contribution in [0, 0.1) is 5.41 Å². The molecule has 0 fully saturated rings. The van der Waals surface area contributed by atoms with Crippen LogP contribution >= 0.6 is 24.4 Å². The number of isothiocyanates is 2. The minimum atomic E-state index is 0.816. The van der Waals surface area contributed by atoms with Gasteiger partial charge in [0.2, 0.25) is 0 Å². The second kappa shape index (κ2) is 11.9. The predicted molar refractivity (Wildman–Crippen MR) is 74.6 cm³/mol. The largest absolute Gasteiger partial charge is 0.248 e. The Labute approximate surface area is 107 Å². The molecule has 0 atom stereocenters. The molecule has 0 saturated carbocycles. The molecule has 0 spiro atoms. The Kier molecular flexibility index (Phi) is 11.0. The van der Waals surface area contributed by atoms with Gasteiger partial charge in [-0.05, 0) is 49.3 Å². The molecular formula is C12H14N2S2. The Morgan fingerprint density at radius 3 is 2.31 bits per heavy atom. The molecule has 0 radical (unpaired) electrons. The number of nitrogens with one attached hydrogen (secondary N) is 1. The van der Waals surface area contributed by atoms with Crippen LogP contribution in [-0.4, -0.2) is 16.9 Å². The Bertz CT molecular complexity index is 351. The van der Waals surface area contributed by atoms with E-state index in [0.29, 0.717) is 0 Å². The lowest BCUT2D eigenvalue weighted by Gasteiger charge is -1.98. The Hall–Kier alpha value is -1.18. The standard InChI is InChI=1S/C11H13NS.CHNS/c13-10-12-9-5-4-8-11-6-2-1-3-7-11;2-1-3/h1-3,6-7H,4-5,8-9H2;2H. The number of aliphatic imine (C=N–C) groups is 1. The second-order valence-corrected chi connectivity index (χ2v) is 3.40. The lowest BCUT2D eigenvalue weighted by Crippen LogP contribution is -1.86. The molecule has 1 aromatic carbocycles. The summed E-state index contributed by atoms with van der Waals surface area (Å²) in [6.07, 6.45) is 3.40. The molecule has 0 amide bonds. The summed E-state index contributed by atoms with van der Waals surface area (Å²) in [5.41, 5.74) is 1.40. The van der Waals surface area contributed by atoms with Gasteiger partial charge in [0.15, 0.2) is 0 Å². The van der Waals surface area contributed by atoms with Gasteiger partial charge < -0.3 is 0 Å². The summed E-state index contributed by atoms with van der Waals surface area (Å²) < 4.78 is 0. The van der Waals surface area contributed by atoms with Gasteiger partial charge in [-0.2, -0.15) is 0 Å². The van der Waals surface area contributed by atoms with E-state index in [0.717, 1.165) is 19.4 Å².